The van der Waals surface area contributed by atoms with Crippen LogP contribution in [0.25, 0.3) is 0 Å². The van der Waals surface area contributed by atoms with Crippen molar-refractivity contribution in [2.75, 3.05) is 25.0 Å². The van der Waals surface area contributed by atoms with Gasteiger partial charge in [0.15, 0.2) is 0 Å². The summed E-state index contributed by atoms with van der Waals surface area (Å²) in [5.74, 6) is 0.0814. The number of nitrogens with zero attached hydrogens (tertiary/aromatic N) is 1. The van der Waals surface area contributed by atoms with Crippen LogP contribution in [0.4, 0.5) is 5.69 Å². The number of rotatable bonds is 5. The van der Waals surface area contributed by atoms with Gasteiger partial charge < -0.3 is 16.0 Å². The van der Waals surface area contributed by atoms with Gasteiger partial charge in [0.1, 0.15) is 0 Å². The molecule has 4 nitrogen and oxygen atoms in total. The molecule has 3 N–H and O–H groups in total. The fourth-order valence-electron chi connectivity index (χ4n) is 2.83. The molecule has 0 radical (unpaired) electrons. The minimum Gasteiger partial charge on any atom is -0.326 e. The van der Waals surface area contributed by atoms with E-state index in [1.165, 1.54) is 32.1 Å². The molecule has 116 valence electrons. The number of amides is 1. The Labute approximate surface area is 127 Å². The Bertz CT molecular complexity index is 439. The van der Waals surface area contributed by atoms with Crippen LogP contribution in [0.15, 0.2) is 24.3 Å². The van der Waals surface area contributed by atoms with E-state index in [-0.39, 0.29) is 5.91 Å². The number of hydrogen-bond donors (Lipinski definition) is 2. The van der Waals surface area contributed by atoms with Crippen LogP contribution in [0.3, 0.4) is 0 Å². The zero-order chi connectivity index (χ0) is 14.9. The Hall–Kier alpha value is -1.39. The summed E-state index contributed by atoms with van der Waals surface area (Å²) >= 11 is 0. The number of nitrogens with one attached hydrogen (secondary N) is 1. The molecule has 1 aliphatic heterocycles. The Balaban J connectivity index is 1.78. The van der Waals surface area contributed by atoms with Gasteiger partial charge in [0.05, 0.1) is 0 Å². The van der Waals surface area contributed by atoms with Crippen LogP contribution >= 0.6 is 0 Å². The molecule has 4 heteroatoms. The molecular formula is C17H27N3O. The Kier molecular flexibility index (Phi) is 6.70. The maximum absolute atomic E-state index is 12.1. The molecule has 1 aromatic carbocycles. The number of carbonyl (C=O) groups excluding carboxylic acids is 1. The SMILES string of the molecule is NCc1ccccc1NC(=O)CCN1CCCCCCC1. The Morgan fingerprint density at radius 3 is 2.48 bits per heavy atom. The molecule has 1 heterocycles. The average Bonchev–Trinajstić information content (AvgIpc) is 2.46. The van der Waals surface area contributed by atoms with E-state index in [1.54, 1.807) is 0 Å². The monoisotopic (exact) mass is 289 g/mol. The summed E-state index contributed by atoms with van der Waals surface area (Å²) in [6.07, 6.45) is 7.09. The first-order valence-electron chi connectivity index (χ1n) is 8.10. The van der Waals surface area contributed by atoms with Gasteiger partial charge in [0, 0.05) is 25.2 Å². The molecule has 0 saturated carbocycles. The number of nitrogens with two attached hydrogens (primary N) is 1. The summed E-state index contributed by atoms with van der Waals surface area (Å²) in [7, 11) is 0. The highest BCUT2D eigenvalue weighted by Gasteiger charge is 2.11. The number of carbonyl (C=O) groups is 1. The largest absolute Gasteiger partial charge is 0.326 e. The topological polar surface area (TPSA) is 58.4 Å². The van der Waals surface area contributed by atoms with Crippen LogP contribution in [0.5, 0.6) is 0 Å². The molecular weight excluding hydrogens is 262 g/mol. The van der Waals surface area contributed by atoms with Crippen molar-refractivity contribution in [2.24, 2.45) is 5.73 Å². The first-order chi connectivity index (χ1) is 10.3. The maximum Gasteiger partial charge on any atom is 0.225 e. The molecule has 1 saturated heterocycles. The van der Waals surface area contributed by atoms with Crippen LogP contribution in [0, 0.1) is 0 Å². The molecule has 0 bridgehead atoms. The van der Waals surface area contributed by atoms with Crippen molar-refractivity contribution in [3.05, 3.63) is 29.8 Å². The quantitative estimate of drug-likeness (QED) is 0.876. The molecule has 0 spiro atoms. The zero-order valence-electron chi connectivity index (χ0n) is 12.8. The van der Waals surface area contributed by atoms with Gasteiger partial charge in [-0.15, -0.1) is 0 Å². The summed E-state index contributed by atoms with van der Waals surface area (Å²) in [5.41, 5.74) is 7.52. The van der Waals surface area contributed by atoms with Crippen molar-refractivity contribution in [2.45, 2.75) is 45.1 Å². The minimum absolute atomic E-state index is 0.0814. The van der Waals surface area contributed by atoms with E-state index in [0.717, 1.165) is 30.9 Å². The number of benzene rings is 1. The van der Waals surface area contributed by atoms with Crippen molar-refractivity contribution in [3.63, 3.8) is 0 Å². The average molecular weight is 289 g/mol. The van der Waals surface area contributed by atoms with Crippen molar-refractivity contribution >= 4 is 11.6 Å². The number of anilines is 1. The summed E-state index contributed by atoms with van der Waals surface area (Å²) in [5, 5.41) is 2.98. The summed E-state index contributed by atoms with van der Waals surface area (Å²) < 4.78 is 0. The second-order valence-corrected chi connectivity index (χ2v) is 5.77. The van der Waals surface area contributed by atoms with Gasteiger partial charge in [0.25, 0.3) is 0 Å². The smallest absolute Gasteiger partial charge is 0.225 e. The highest BCUT2D eigenvalue weighted by atomic mass is 16.1. The highest BCUT2D eigenvalue weighted by molar-refractivity contribution is 5.91. The molecule has 0 aliphatic carbocycles. The van der Waals surface area contributed by atoms with Crippen LogP contribution in [0.1, 0.15) is 44.1 Å². The van der Waals surface area contributed by atoms with Crippen molar-refractivity contribution < 1.29 is 4.79 Å². The number of likely N-dealkylation sites (tertiary alicyclic amines) is 1. The predicted octanol–water partition coefficient (Wildman–Crippen LogP) is 2.74. The number of hydrogen-bond acceptors (Lipinski definition) is 3. The molecule has 2 rings (SSSR count). The second kappa shape index (κ2) is 8.80. The van der Waals surface area contributed by atoms with Gasteiger partial charge in [-0.1, -0.05) is 37.5 Å². The van der Waals surface area contributed by atoms with E-state index < -0.39 is 0 Å². The van der Waals surface area contributed by atoms with E-state index in [0.29, 0.717) is 13.0 Å². The van der Waals surface area contributed by atoms with Crippen molar-refractivity contribution in [3.8, 4) is 0 Å². The van der Waals surface area contributed by atoms with E-state index >= 15 is 0 Å². The minimum atomic E-state index is 0.0814. The molecule has 0 unspecified atom stereocenters. The van der Waals surface area contributed by atoms with E-state index in [1.807, 2.05) is 24.3 Å². The van der Waals surface area contributed by atoms with Crippen LogP contribution < -0.4 is 11.1 Å². The third-order valence-electron chi connectivity index (χ3n) is 4.12. The summed E-state index contributed by atoms with van der Waals surface area (Å²) in [6, 6.07) is 7.73. The van der Waals surface area contributed by atoms with Crippen LogP contribution in [0.2, 0.25) is 0 Å². The normalized spacial score (nSPS) is 17.0. The Morgan fingerprint density at radius 1 is 1.10 bits per heavy atom. The molecule has 1 aromatic rings. The molecule has 21 heavy (non-hydrogen) atoms. The molecule has 1 amide bonds. The molecule has 1 fully saturated rings. The van der Waals surface area contributed by atoms with Crippen molar-refractivity contribution in [1.82, 2.24) is 4.90 Å². The first kappa shape index (κ1) is 16.0. The fourth-order valence-corrected chi connectivity index (χ4v) is 2.83. The first-order valence-corrected chi connectivity index (χ1v) is 8.10. The predicted molar refractivity (Wildman–Crippen MR) is 87.1 cm³/mol. The lowest BCUT2D eigenvalue weighted by Crippen LogP contribution is -2.30. The molecule has 0 atom stereocenters. The zero-order valence-corrected chi connectivity index (χ0v) is 12.8. The summed E-state index contributed by atoms with van der Waals surface area (Å²) in [6.45, 7) is 3.57. The summed E-state index contributed by atoms with van der Waals surface area (Å²) in [4.78, 5) is 14.5. The third kappa shape index (κ3) is 5.48. The standard InChI is InChI=1S/C17H27N3O/c18-14-15-8-4-5-9-16(15)19-17(21)10-13-20-11-6-2-1-3-7-12-20/h4-5,8-9H,1-3,6-7,10-14,18H2,(H,19,21). The van der Waals surface area contributed by atoms with Gasteiger partial charge >= 0.3 is 0 Å². The number of para-hydroxylation sites is 1. The van der Waals surface area contributed by atoms with Gasteiger partial charge in [-0.2, -0.15) is 0 Å². The maximum atomic E-state index is 12.1. The van der Waals surface area contributed by atoms with Gasteiger partial charge in [0.2, 0.25) is 5.91 Å². The van der Waals surface area contributed by atoms with Crippen LogP contribution in [-0.4, -0.2) is 30.4 Å². The van der Waals surface area contributed by atoms with Crippen LogP contribution in [-0.2, 0) is 11.3 Å². The lowest BCUT2D eigenvalue weighted by Gasteiger charge is -2.24. The van der Waals surface area contributed by atoms with Gasteiger partial charge in [-0.3, -0.25) is 4.79 Å². The molecule has 0 aromatic heterocycles. The lowest BCUT2D eigenvalue weighted by molar-refractivity contribution is -0.116. The van der Waals surface area contributed by atoms with E-state index in [9.17, 15) is 4.79 Å². The van der Waals surface area contributed by atoms with Gasteiger partial charge in [-0.05, 0) is 37.6 Å². The highest BCUT2D eigenvalue weighted by Crippen LogP contribution is 2.15. The van der Waals surface area contributed by atoms with Gasteiger partial charge in [-0.25, -0.2) is 0 Å². The second-order valence-electron chi connectivity index (χ2n) is 5.77. The van der Waals surface area contributed by atoms with E-state index in [2.05, 4.69) is 10.2 Å². The fraction of sp³-hybridized carbons (Fsp3) is 0.588. The Morgan fingerprint density at radius 2 is 1.76 bits per heavy atom. The third-order valence-corrected chi connectivity index (χ3v) is 4.12. The molecule has 1 aliphatic rings. The lowest BCUT2D eigenvalue weighted by atomic mass is 10.1. The van der Waals surface area contributed by atoms with E-state index in [4.69, 9.17) is 5.73 Å². The van der Waals surface area contributed by atoms with Crippen molar-refractivity contribution in [1.29, 1.82) is 0 Å².